The summed E-state index contributed by atoms with van der Waals surface area (Å²) < 4.78 is 11.1. The van der Waals surface area contributed by atoms with Crippen molar-refractivity contribution in [3.8, 4) is 11.5 Å². The van der Waals surface area contributed by atoms with Crippen molar-refractivity contribution in [3.05, 3.63) is 53.1 Å². The number of ether oxygens (including phenoxy) is 2. The van der Waals surface area contributed by atoms with E-state index in [0.29, 0.717) is 6.04 Å². The first-order valence-electron chi connectivity index (χ1n) is 9.63. The number of benzene rings is 2. The summed E-state index contributed by atoms with van der Waals surface area (Å²) >= 11 is 0. The largest absolute Gasteiger partial charge is 0.493 e. The third-order valence-corrected chi connectivity index (χ3v) is 5.86. The number of hydrogen-bond donors (Lipinski definition) is 1. The van der Waals surface area contributed by atoms with E-state index in [0.717, 1.165) is 37.4 Å². The monoisotopic (exact) mass is 367 g/mol. The molecule has 5 nitrogen and oxygen atoms in total. The second kappa shape index (κ2) is 7.41. The van der Waals surface area contributed by atoms with Crippen molar-refractivity contribution >= 4 is 5.69 Å². The number of anilines is 1. The van der Waals surface area contributed by atoms with Crippen LogP contribution in [-0.2, 0) is 6.42 Å². The number of rotatable bonds is 4. The summed E-state index contributed by atoms with van der Waals surface area (Å²) in [6.45, 7) is 2.05. The van der Waals surface area contributed by atoms with Crippen LogP contribution in [-0.4, -0.2) is 46.3 Å². The summed E-state index contributed by atoms with van der Waals surface area (Å²) in [5, 5.41) is 3.72. The van der Waals surface area contributed by atoms with E-state index in [4.69, 9.17) is 9.47 Å². The van der Waals surface area contributed by atoms with Crippen molar-refractivity contribution in [3.63, 3.8) is 0 Å². The smallest absolute Gasteiger partial charge is 0.161 e. The molecule has 0 bridgehead atoms. The van der Waals surface area contributed by atoms with Gasteiger partial charge in [-0.15, -0.1) is 0 Å². The summed E-state index contributed by atoms with van der Waals surface area (Å²) in [5.41, 5.74) is 5.33. The Morgan fingerprint density at radius 2 is 1.74 bits per heavy atom. The fourth-order valence-corrected chi connectivity index (χ4v) is 4.42. The van der Waals surface area contributed by atoms with Crippen LogP contribution in [0.1, 0.15) is 35.3 Å². The molecule has 0 aromatic heterocycles. The number of nitrogens with one attached hydrogen (secondary N) is 1. The van der Waals surface area contributed by atoms with Gasteiger partial charge in [0.25, 0.3) is 0 Å². The zero-order valence-electron chi connectivity index (χ0n) is 16.7. The standard InChI is InChI=1S/C22H29N3O2/c1-24(2)17-7-5-15(6-8-17)22-23-11-9-19-18-14-21(27-4)20(26-3)13-16(18)10-12-25(19)22/h5-8,13-14,19,22-23H,9-12H2,1-4H3/t19-,22-/m1/s1. The molecule has 144 valence electrons. The molecule has 1 fully saturated rings. The number of nitrogens with zero attached hydrogens (tertiary/aromatic N) is 2. The summed E-state index contributed by atoms with van der Waals surface area (Å²) in [6.07, 6.45) is 2.38. The molecule has 2 aromatic carbocycles. The fraction of sp³-hybridized carbons (Fsp3) is 0.455. The van der Waals surface area contributed by atoms with Gasteiger partial charge in [-0.2, -0.15) is 0 Å². The van der Waals surface area contributed by atoms with Crippen LogP contribution in [0, 0.1) is 0 Å². The molecule has 0 unspecified atom stereocenters. The summed E-state index contributed by atoms with van der Waals surface area (Å²) in [5.74, 6) is 1.65. The van der Waals surface area contributed by atoms with Crippen LogP contribution in [0.4, 0.5) is 5.69 Å². The Morgan fingerprint density at radius 3 is 2.41 bits per heavy atom. The Morgan fingerprint density at radius 1 is 1.04 bits per heavy atom. The Kier molecular flexibility index (Phi) is 4.98. The fourth-order valence-electron chi connectivity index (χ4n) is 4.42. The molecular formula is C22H29N3O2. The van der Waals surface area contributed by atoms with Crippen LogP contribution < -0.4 is 19.7 Å². The third-order valence-electron chi connectivity index (χ3n) is 5.86. The molecule has 2 aromatic rings. The average molecular weight is 367 g/mol. The molecule has 2 aliphatic rings. The van der Waals surface area contributed by atoms with E-state index in [9.17, 15) is 0 Å². The number of fused-ring (bicyclic) bond motifs is 3. The number of hydrogen-bond acceptors (Lipinski definition) is 5. The lowest BCUT2D eigenvalue weighted by Crippen LogP contribution is -2.49. The molecule has 2 aliphatic heterocycles. The number of methoxy groups -OCH3 is 2. The topological polar surface area (TPSA) is 37.0 Å². The molecule has 2 atom stereocenters. The van der Waals surface area contributed by atoms with Crippen molar-refractivity contribution < 1.29 is 9.47 Å². The highest BCUT2D eigenvalue weighted by Gasteiger charge is 2.36. The normalized spacial score (nSPS) is 21.9. The molecule has 5 heteroatoms. The first-order valence-corrected chi connectivity index (χ1v) is 9.63. The quantitative estimate of drug-likeness (QED) is 0.897. The van der Waals surface area contributed by atoms with Gasteiger partial charge >= 0.3 is 0 Å². The lowest BCUT2D eigenvalue weighted by Gasteiger charge is -2.46. The van der Waals surface area contributed by atoms with Crippen molar-refractivity contribution in [1.82, 2.24) is 10.2 Å². The van der Waals surface area contributed by atoms with Gasteiger partial charge < -0.3 is 14.4 Å². The highest BCUT2D eigenvalue weighted by Crippen LogP contribution is 2.43. The van der Waals surface area contributed by atoms with Gasteiger partial charge in [-0.05, 0) is 60.3 Å². The third kappa shape index (κ3) is 3.26. The van der Waals surface area contributed by atoms with E-state index in [1.165, 1.54) is 22.4 Å². The van der Waals surface area contributed by atoms with E-state index in [-0.39, 0.29) is 6.17 Å². The Labute approximate surface area is 161 Å². The zero-order chi connectivity index (χ0) is 19.0. The van der Waals surface area contributed by atoms with Crippen LogP contribution in [0.3, 0.4) is 0 Å². The first-order chi connectivity index (χ1) is 13.1. The molecule has 0 saturated carbocycles. The predicted octanol–water partition coefficient (Wildman–Crippen LogP) is 3.36. The minimum Gasteiger partial charge on any atom is -0.493 e. The molecule has 0 spiro atoms. The average Bonchev–Trinajstić information content (AvgIpc) is 2.72. The van der Waals surface area contributed by atoms with Crippen molar-refractivity contribution in [1.29, 1.82) is 0 Å². The van der Waals surface area contributed by atoms with Gasteiger partial charge in [-0.3, -0.25) is 10.2 Å². The van der Waals surface area contributed by atoms with Crippen LogP contribution in [0.5, 0.6) is 11.5 Å². The molecular weight excluding hydrogens is 338 g/mol. The predicted molar refractivity (Wildman–Crippen MR) is 109 cm³/mol. The van der Waals surface area contributed by atoms with Crippen molar-refractivity contribution in [2.75, 3.05) is 46.3 Å². The molecule has 0 amide bonds. The lowest BCUT2D eigenvalue weighted by molar-refractivity contribution is 0.0604. The van der Waals surface area contributed by atoms with Gasteiger partial charge in [0, 0.05) is 32.4 Å². The van der Waals surface area contributed by atoms with Crippen LogP contribution >= 0.6 is 0 Å². The zero-order valence-corrected chi connectivity index (χ0v) is 16.7. The van der Waals surface area contributed by atoms with Crippen molar-refractivity contribution in [2.24, 2.45) is 0 Å². The summed E-state index contributed by atoms with van der Waals surface area (Å²) in [4.78, 5) is 4.74. The Balaban J connectivity index is 1.65. The summed E-state index contributed by atoms with van der Waals surface area (Å²) in [7, 11) is 7.57. The minimum atomic E-state index is 0.251. The maximum Gasteiger partial charge on any atom is 0.161 e. The van der Waals surface area contributed by atoms with Gasteiger partial charge in [-0.25, -0.2) is 0 Å². The van der Waals surface area contributed by atoms with E-state index in [1.807, 2.05) is 0 Å². The summed E-state index contributed by atoms with van der Waals surface area (Å²) in [6, 6.07) is 13.7. The van der Waals surface area contributed by atoms with E-state index < -0.39 is 0 Å². The molecule has 0 radical (unpaired) electrons. The first kappa shape index (κ1) is 18.1. The van der Waals surface area contributed by atoms with Gasteiger partial charge in [0.1, 0.15) is 0 Å². The maximum atomic E-state index is 5.57. The van der Waals surface area contributed by atoms with Crippen molar-refractivity contribution in [2.45, 2.75) is 25.0 Å². The molecule has 4 rings (SSSR count). The molecule has 1 N–H and O–H groups in total. The maximum absolute atomic E-state index is 5.57. The highest BCUT2D eigenvalue weighted by molar-refractivity contribution is 5.50. The lowest BCUT2D eigenvalue weighted by atomic mass is 9.87. The highest BCUT2D eigenvalue weighted by atomic mass is 16.5. The Bertz CT molecular complexity index is 804. The van der Waals surface area contributed by atoms with E-state index in [2.05, 4.69) is 65.6 Å². The van der Waals surface area contributed by atoms with Gasteiger partial charge in [0.2, 0.25) is 0 Å². The van der Waals surface area contributed by atoms with Gasteiger partial charge in [0.05, 0.1) is 20.4 Å². The van der Waals surface area contributed by atoms with E-state index >= 15 is 0 Å². The van der Waals surface area contributed by atoms with E-state index in [1.54, 1.807) is 14.2 Å². The molecule has 27 heavy (non-hydrogen) atoms. The van der Waals surface area contributed by atoms with Crippen LogP contribution in [0.25, 0.3) is 0 Å². The van der Waals surface area contributed by atoms with Gasteiger partial charge in [0.15, 0.2) is 11.5 Å². The van der Waals surface area contributed by atoms with Crippen LogP contribution in [0.2, 0.25) is 0 Å². The molecule has 0 aliphatic carbocycles. The Hall–Kier alpha value is -2.24. The van der Waals surface area contributed by atoms with Crippen LogP contribution in [0.15, 0.2) is 36.4 Å². The van der Waals surface area contributed by atoms with Gasteiger partial charge in [-0.1, -0.05) is 12.1 Å². The second-order valence-electron chi connectivity index (χ2n) is 7.54. The second-order valence-corrected chi connectivity index (χ2v) is 7.54. The SMILES string of the molecule is COc1cc2c(cc1OC)[C@H]1CCN[C@@H](c3ccc(N(C)C)cc3)N1CC2. The minimum absolute atomic E-state index is 0.251. The molecule has 1 saturated heterocycles. The molecule has 2 heterocycles.